The first-order valence-electron chi connectivity index (χ1n) is 15.8. The summed E-state index contributed by atoms with van der Waals surface area (Å²) in [6, 6.07) is 1.38. The fourth-order valence-electron chi connectivity index (χ4n) is 4.62. The Labute approximate surface area is 271 Å². The number of hydrogen-bond acceptors (Lipinski definition) is 10. The number of alkyl carbamates (subject to hydrolysis) is 1. The van der Waals surface area contributed by atoms with Crippen LogP contribution in [0.25, 0.3) is 11.0 Å². The van der Waals surface area contributed by atoms with Crippen LogP contribution in [0.4, 0.5) is 15.0 Å². The number of carbonyl (C=O) groups is 4. The number of nitrogens with zero attached hydrogens (tertiary/aromatic N) is 2. The molecular weight excluding hydrogens is 611 g/mol. The van der Waals surface area contributed by atoms with E-state index in [1.54, 1.807) is 41.5 Å². The molecule has 254 valence electrons. The van der Waals surface area contributed by atoms with Gasteiger partial charge in [0.2, 0.25) is 0 Å². The van der Waals surface area contributed by atoms with Gasteiger partial charge in [-0.15, -0.1) is 0 Å². The lowest BCUT2D eigenvalue weighted by atomic mass is 9.88. The number of benzene rings is 1. The normalized spacial score (nSPS) is 15.9. The lowest BCUT2D eigenvalue weighted by Gasteiger charge is -2.40. The van der Waals surface area contributed by atoms with E-state index in [4.69, 9.17) is 13.9 Å². The van der Waals surface area contributed by atoms with Crippen molar-refractivity contribution < 1.29 is 37.5 Å². The third-order valence-corrected chi connectivity index (χ3v) is 12.8. The molecule has 3 rings (SSSR count). The van der Waals surface area contributed by atoms with Gasteiger partial charge in [-0.3, -0.25) is 14.4 Å². The number of anilines is 1. The van der Waals surface area contributed by atoms with E-state index in [1.165, 1.54) is 6.07 Å². The van der Waals surface area contributed by atoms with Crippen molar-refractivity contribution in [1.82, 2.24) is 15.3 Å². The van der Waals surface area contributed by atoms with Crippen LogP contribution < -0.4 is 10.6 Å². The summed E-state index contributed by atoms with van der Waals surface area (Å²) < 4.78 is 32.5. The van der Waals surface area contributed by atoms with Gasteiger partial charge < -0.3 is 24.5 Å². The zero-order valence-corrected chi connectivity index (χ0v) is 29.9. The van der Waals surface area contributed by atoms with Crippen molar-refractivity contribution >= 4 is 48.8 Å². The molecule has 2 N–H and O–H groups in total. The monoisotopic (exact) mass is 660 g/mol. The van der Waals surface area contributed by atoms with E-state index < -0.39 is 67.8 Å². The molecule has 1 aromatic heterocycles. The van der Waals surface area contributed by atoms with Crippen molar-refractivity contribution in [2.24, 2.45) is 5.92 Å². The minimum Gasteiger partial charge on any atom is -0.465 e. The highest BCUT2D eigenvalue weighted by molar-refractivity contribution is 6.74. The number of rotatable bonds is 13. The summed E-state index contributed by atoms with van der Waals surface area (Å²) in [7, 11) is -2.49. The number of ketones is 2. The van der Waals surface area contributed by atoms with Crippen LogP contribution in [0, 0.1) is 18.7 Å². The van der Waals surface area contributed by atoms with Crippen molar-refractivity contribution in [2.75, 3.05) is 11.9 Å². The maximum Gasteiger partial charge on any atom is 0.408 e. The fourth-order valence-corrected chi connectivity index (χ4v) is 6.04. The number of fused-ring (bicyclic) bond motifs is 1. The molecule has 1 amide bonds. The predicted molar refractivity (Wildman–Crippen MR) is 176 cm³/mol. The predicted octanol–water partition coefficient (Wildman–Crippen LogP) is 6.28. The van der Waals surface area contributed by atoms with E-state index in [0.29, 0.717) is 17.0 Å². The molecule has 11 nitrogen and oxygen atoms in total. The maximum absolute atomic E-state index is 15.4. The minimum atomic E-state index is -2.49. The molecule has 1 fully saturated rings. The summed E-state index contributed by atoms with van der Waals surface area (Å²) in [5.41, 5.74) is -0.352. The van der Waals surface area contributed by atoms with E-state index in [2.05, 4.69) is 20.6 Å². The number of esters is 1. The number of aromatic nitrogens is 2. The van der Waals surface area contributed by atoms with Crippen LogP contribution in [-0.4, -0.2) is 72.3 Å². The third kappa shape index (κ3) is 9.31. The molecular formula is C33H49FN4O7Si. The number of Topliss-reactive ketones (excluding diaryl/α,β-unsaturated/α-hetero) is 2. The summed E-state index contributed by atoms with van der Waals surface area (Å²) >= 11 is 0. The number of nitrogens with one attached hydrogen (secondary N) is 2. The van der Waals surface area contributed by atoms with Crippen LogP contribution in [0.5, 0.6) is 0 Å². The Bertz CT molecular complexity index is 1480. The second kappa shape index (κ2) is 14.1. The maximum atomic E-state index is 15.4. The van der Waals surface area contributed by atoms with Crippen LogP contribution in [0.2, 0.25) is 18.1 Å². The Morgan fingerprint density at radius 2 is 1.70 bits per heavy atom. The second-order valence-electron chi connectivity index (χ2n) is 14.4. The average molecular weight is 661 g/mol. The molecule has 13 heteroatoms. The standard InChI is InChI=1S/C33H49FN4O7Si/c1-12-43-30(41)21(28(40)26(38-31(42)44-32(4,5)6)19(3)45-46(10,11)33(7,8)9)17-24(39)25-22(34)15-16-23-27(25)37-29(18(2)35-23)36-20-13-14-20/h15-16,19-21,26H,12-14,17H2,1-11H3,(H,36,37)(H,38,42)/t19-,21?,26+/m0/s1. The van der Waals surface area contributed by atoms with Gasteiger partial charge in [0.1, 0.15) is 34.7 Å². The zero-order valence-electron chi connectivity index (χ0n) is 28.9. The topological polar surface area (TPSA) is 146 Å². The van der Waals surface area contributed by atoms with Gasteiger partial charge in [-0.1, -0.05) is 20.8 Å². The molecule has 1 aliphatic carbocycles. The number of carbonyl (C=O) groups excluding carboxylic acids is 4. The van der Waals surface area contributed by atoms with Crippen LogP contribution in [0.3, 0.4) is 0 Å². The zero-order chi connectivity index (χ0) is 34.8. The van der Waals surface area contributed by atoms with E-state index in [1.807, 2.05) is 33.9 Å². The Balaban J connectivity index is 2.04. The molecule has 0 radical (unpaired) electrons. The van der Waals surface area contributed by atoms with Crippen molar-refractivity contribution in [3.05, 3.63) is 29.2 Å². The summed E-state index contributed by atoms with van der Waals surface area (Å²) in [4.78, 5) is 63.4. The van der Waals surface area contributed by atoms with Crippen LogP contribution in [0.15, 0.2) is 12.1 Å². The van der Waals surface area contributed by atoms with Crippen molar-refractivity contribution in [1.29, 1.82) is 0 Å². The largest absolute Gasteiger partial charge is 0.465 e. The van der Waals surface area contributed by atoms with Crippen molar-refractivity contribution in [2.45, 2.75) is 123 Å². The smallest absolute Gasteiger partial charge is 0.408 e. The molecule has 1 aliphatic rings. The Hall–Kier alpha value is -3.45. The van der Waals surface area contributed by atoms with E-state index >= 15 is 4.39 Å². The first-order chi connectivity index (χ1) is 21.1. The van der Waals surface area contributed by atoms with Crippen molar-refractivity contribution in [3.63, 3.8) is 0 Å². The van der Waals surface area contributed by atoms with Crippen molar-refractivity contribution in [3.8, 4) is 0 Å². The molecule has 1 saturated carbocycles. The highest BCUT2D eigenvalue weighted by Crippen LogP contribution is 2.38. The number of amides is 1. The molecule has 1 aromatic carbocycles. The summed E-state index contributed by atoms with van der Waals surface area (Å²) in [6.07, 6.45) is -0.603. The van der Waals surface area contributed by atoms with Crippen LogP contribution in [0.1, 0.15) is 90.7 Å². The lowest BCUT2D eigenvalue weighted by molar-refractivity contribution is -0.152. The summed E-state index contributed by atoms with van der Waals surface area (Å²) in [6.45, 7) is 20.0. The SMILES string of the molecule is CCOC(=O)C(CC(=O)c1c(F)ccc2nc(C)c(NC3CC3)nc12)C(=O)[C@H](NC(=O)OC(C)(C)C)[C@H](C)O[Si](C)(C)C(C)(C)C. The van der Waals surface area contributed by atoms with E-state index in [0.717, 1.165) is 18.9 Å². The van der Waals surface area contributed by atoms with E-state index in [-0.39, 0.29) is 28.8 Å². The van der Waals surface area contributed by atoms with Gasteiger partial charge in [0.25, 0.3) is 0 Å². The molecule has 0 spiro atoms. The molecule has 3 atom stereocenters. The third-order valence-electron chi connectivity index (χ3n) is 8.20. The Kier molecular flexibility index (Phi) is 11.4. The average Bonchev–Trinajstić information content (AvgIpc) is 3.73. The second-order valence-corrected chi connectivity index (χ2v) is 19.2. The van der Waals surface area contributed by atoms with Gasteiger partial charge in [-0.05, 0) is 84.6 Å². The molecule has 0 bridgehead atoms. The first kappa shape index (κ1) is 37.0. The van der Waals surface area contributed by atoms with Gasteiger partial charge in [-0.2, -0.15) is 0 Å². The molecule has 2 aromatic rings. The van der Waals surface area contributed by atoms with Crippen LogP contribution >= 0.6 is 0 Å². The highest BCUT2D eigenvalue weighted by atomic mass is 28.4. The number of hydrogen-bond donors (Lipinski definition) is 2. The number of ether oxygens (including phenoxy) is 2. The van der Waals surface area contributed by atoms with E-state index in [9.17, 15) is 19.2 Å². The van der Waals surface area contributed by atoms with Gasteiger partial charge >= 0.3 is 12.1 Å². The molecule has 1 heterocycles. The lowest BCUT2D eigenvalue weighted by Crippen LogP contribution is -2.56. The minimum absolute atomic E-state index is 0.0202. The van der Waals surface area contributed by atoms with Gasteiger partial charge in [0.05, 0.1) is 29.5 Å². The summed E-state index contributed by atoms with van der Waals surface area (Å²) in [5, 5.41) is 5.59. The van der Waals surface area contributed by atoms with Gasteiger partial charge in [0, 0.05) is 12.5 Å². The molecule has 0 aliphatic heterocycles. The summed E-state index contributed by atoms with van der Waals surface area (Å²) in [5.74, 6) is -4.74. The molecule has 46 heavy (non-hydrogen) atoms. The number of aryl methyl sites for hydroxylation is 1. The molecule has 0 saturated heterocycles. The quantitative estimate of drug-likeness (QED) is 0.109. The Morgan fingerprint density at radius 1 is 1.07 bits per heavy atom. The Morgan fingerprint density at radius 3 is 2.24 bits per heavy atom. The fraction of sp³-hybridized carbons (Fsp3) is 0.636. The van der Waals surface area contributed by atoms with Gasteiger partial charge in [-0.25, -0.2) is 19.2 Å². The highest BCUT2D eigenvalue weighted by Gasteiger charge is 2.44. The number of halogens is 1. The first-order valence-corrected chi connectivity index (χ1v) is 18.7. The van der Waals surface area contributed by atoms with Gasteiger partial charge in [0.15, 0.2) is 19.9 Å². The molecule has 1 unspecified atom stereocenters. The van der Waals surface area contributed by atoms with Crippen LogP contribution in [-0.2, 0) is 23.5 Å².